The van der Waals surface area contributed by atoms with Crippen LogP contribution < -0.4 is 5.32 Å². The molecule has 0 aliphatic heterocycles. The van der Waals surface area contributed by atoms with Gasteiger partial charge < -0.3 is 15.3 Å². The van der Waals surface area contributed by atoms with Gasteiger partial charge in [0.2, 0.25) is 5.91 Å². The van der Waals surface area contributed by atoms with E-state index in [0.717, 1.165) is 18.7 Å². The number of benzene rings is 1. The van der Waals surface area contributed by atoms with Crippen molar-refractivity contribution in [3.63, 3.8) is 0 Å². The Balaban J connectivity index is 2.47. The van der Waals surface area contributed by atoms with Gasteiger partial charge in [0.25, 0.3) is 0 Å². The fourth-order valence-electron chi connectivity index (χ4n) is 1.69. The number of carbonyl (C=O) groups is 1. The highest BCUT2D eigenvalue weighted by atomic mass is 79.9. The van der Waals surface area contributed by atoms with Crippen LogP contribution in [0.2, 0.25) is 0 Å². The van der Waals surface area contributed by atoms with E-state index in [4.69, 9.17) is 0 Å². The Labute approximate surface area is 116 Å². The second-order valence-electron chi connectivity index (χ2n) is 3.92. The van der Waals surface area contributed by atoms with Crippen LogP contribution in [-0.4, -0.2) is 35.5 Å². The van der Waals surface area contributed by atoms with E-state index in [1.807, 2.05) is 26.0 Å². The molecule has 0 unspecified atom stereocenters. The molecule has 0 fully saturated rings. The number of amides is 1. The summed E-state index contributed by atoms with van der Waals surface area (Å²) in [5.41, 5.74) is 0.775. The fraction of sp³-hybridized carbons (Fsp3) is 0.462. The molecule has 18 heavy (non-hydrogen) atoms. The highest BCUT2D eigenvalue weighted by Gasteiger charge is 2.09. The molecule has 100 valence electrons. The number of aromatic hydroxyl groups is 1. The number of phenolic OH excluding ortho intramolecular Hbond substituents is 1. The highest BCUT2D eigenvalue weighted by Crippen LogP contribution is 2.26. The van der Waals surface area contributed by atoms with Crippen molar-refractivity contribution in [1.29, 1.82) is 0 Å². The number of hydrogen-bond donors (Lipinski definition) is 2. The lowest BCUT2D eigenvalue weighted by Crippen LogP contribution is -2.37. The van der Waals surface area contributed by atoms with Gasteiger partial charge in [0.05, 0.1) is 11.0 Å². The van der Waals surface area contributed by atoms with Gasteiger partial charge in [-0.1, -0.05) is 12.1 Å². The first kappa shape index (κ1) is 15.0. The van der Waals surface area contributed by atoms with Crippen molar-refractivity contribution in [3.8, 4) is 5.75 Å². The minimum absolute atomic E-state index is 0.0782. The first-order valence-electron chi connectivity index (χ1n) is 6.05. The molecule has 2 N–H and O–H groups in total. The summed E-state index contributed by atoms with van der Waals surface area (Å²) in [6.45, 7) is 6.12. The number of halogens is 1. The van der Waals surface area contributed by atoms with Crippen LogP contribution in [0.25, 0.3) is 0 Å². The number of likely N-dealkylation sites (N-methyl/N-ethyl adjacent to an activating group) is 1. The molecule has 1 aromatic rings. The third-order valence-electron chi connectivity index (χ3n) is 2.78. The topological polar surface area (TPSA) is 52.6 Å². The first-order chi connectivity index (χ1) is 8.60. The van der Waals surface area contributed by atoms with Crippen molar-refractivity contribution in [1.82, 2.24) is 10.2 Å². The summed E-state index contributed by atoms with van der Waals surface area (Å²) in [5.74, 6) is 0.301. The summed E-state index contributed by atoms with van der Waals surface area (Å²) in [7, 11) is 0. The molecule has 0 heterocycles. The maximum absolute atomic E-state index is 11.7. The molecule has 1 amide bonds. The Bertz CT molecular complexity index is 406. The molecule has 0 atom stereocenters. The van der Waals surface area contributed by atoms with Gasteiger partial charge in [0.15, 0.2) is 0 Å². The lowest BCUT2D eigenvalue weighted by molar-refractivity contribution is -0.129. The molecule has 0 bridgehead atoms. The Kier molecular flexibility index (Phi) is 6.15. The second-order valence-corrected chi connectivity index (χ2v) is 4.77. The average Bonchev–Trinajstić information content (AvgIpc) is 2.36. The maximum atomic E-state index is 11.7. The molecular formula is C13H19BrN2O2. The molecule has 0 aliphatic rings. The second kappa shape index (κ2) is 7.38. The van der Waals surface area contributed by atoms with E-state index in [2.05, 4.69) is 21.2 Å². The van der Waals surface area contributed by atoms with Crippen LogP contribution in [0, 0.1) is 0 Å². The smallest absolute Gasteiger partial charge is 0.236 e. The first-order valence-corrected chi connectivity index (χ1v) is 6.84. The summed E-state index contributed by atoms with van der Waals surface area (Å²) in [4.78, 5) is 13.5. The van der Waals surface area contributed by atoms with Crippen LogP contribution in [0.5, 0.6) is 5.75 Å². The van der Waals surface area contributed by atoms with Gasteiger partial charge >= 0.3 is 0 Å². The predicted molar refractivity (Wildman–Crippen MR) is 75.4 cm³/mol. The van der Waals surface area contributed by atoms with Gasteiger partial charge in [-0.15, -0.1) is 0 Å². The Hall–Kier alpha value is -1.07. The van der Waals surface area contributed by atoms with Crippen molar-refractivity contribution in [2.24, 2.45) is 0 Å². The zero-order valence-corrected chi connectivity index (χ0v) is 12.3. The number of para-hydroxylation sites is 1. The van der Waals surface area contributed by atoms with Gasteiger partial charge in [-0.25, -0.2) is 0 Å². The van der Waals surface area contributed by atoms with Gasteiger partial charge in [0, 0.05) is 25.2 Å². The van der Waals surface area contributed by atoms with Gasteiger partial charge in [-0.2, -0.15) is 0 Å². The van der Waals surface area contributed by atoms with Crippen LogP contribution in [0.3, 0.4) is 0 Å². The zero-order valence-electron chi connectivity index (χ0n) is 10.7. The summed E-state index contributed by atoms with van der Waals surface area (Å²) >= 11 is 3.26. The quantitative estimate of drug-likeness (QED) is 0.845. The SMILES string of the molecule is CCN(CC)C(=O)CNCc1cccc(Br)c1O. The number of nitrogens with zero attached hydrogens (tertiary/aromatic N) is 1. The van der Waals surface area contributed by atoms with E-state index in [9.17, 15) is 9.90 Å². The van der Waals surface area contributed by atoms with Crippen molar-refractivity contribution in [3.05, 3.63) is 28.2 Å². The van der Waals surface area contributed by atoms with E-state index >= 15 is 0 Å². The third kappa shape index (κ3) is 3.99. The summed E-state index contributed by atoms with van der Waals surface area (Å²) in [6, 6.07) is 5.46. The van der Waals surface area contributed by atoms with Crippen LogP contribution >= 0.6 is 15.9 Å². The van der Waals surface area contributed by atoms with E-state index < -0.39 is 0 Å². The molecule has 0 saturated carbocycles. The molecule has 0 spiro atoms. The number of phenols is 1. The van der Waals surface area contributed by atoms with Crippen LogP contribution in [0.4, 0.5) is 0 Å². The van der Waals surface area contributed by atoms with E-state index in [1.165, 1.54) is 0 Å². The molecule has 5 heteroatoms. The van der Waals surface area contributed by atoms with Crippen molar-refractivity contribution >= 4 is 21.8 Å². The van der Waals surface area contributed by atoms with Crippen LogP contribution in [-0.2, 0) is 11.3 Å². The molecule has 4 nitrogen and oxygen atoms in total. The number of carbonyl (C=O) groups excluding carboxylic acids is 1. The molecule has 1 aromatic carbocycles. The summed E-state index contributed by atoms with van der Waals surface area (Å²) in [6.07, 6.45) is 0. The normalized spacial score (nSPS) is 10.4. The number of hydrogen-bond acceptors (Lipinski definition) is 3. The average molecular weight is 315 g/mol. The molecule has 0 aromatic heterocycles. The molecular weight excluding hydrogens is 296 g/mol. The van der Waals surface area contributed by atoms with Gasteiger partial charge in [0.1, 0.15) is 5.75 Å². The zero-order chi connectivity index (χ0) is 13.5. The Morgan fingerprint density at radius 2 is 2.06 bits per heavy atom. The minimum Gasteiger partial charge on any atom is -0.506 e. The maximum Gasteiger partial charge on any atom is 0.236 e. The molecule has 0 saturated heterocycles. The van der Waals surface area contributed by atoms with Gasteiger partial charge in [-0.3, -0.25) is 4.79 Å². The monoisotopic (exact) mass is 314 g/mol. The van der Waals surface area contributed by atoms with Gasteiger partial charge in [-0.05, 0) is 35.8 Å². The van der Waals surface area contributed by atoms with Crippen LogP contribution in [0.1, 0.15) is 19.4 Å². The predicted octanol–water partition coefficient (Wildman–Crippen LogP) is 2.11. The number of nitrogens with one attached hydrogen (secondary N) is 1. The summed E-state index contributed by atoms with van der Waals surface area (Å²) in [5, 5.41) is 12.8. The summed E-state index contributed by atoms with van der Waals surface area (Å²) < 4.78 is 0.664. The Morgan fingerprint density at radius 3 is 2.67 bits per heavy atom. The molecule has 1 rings (SSSR count). The van der Waals surface area contributed by atoms with E-state index in [0.29, 0.717) is 11.0 Å². The lowest BCUT2D eigenvalue weighted by Gasteiger charge is -2.18. The molecule has 0 radical (unpaired) electrons. The third-order valence-corrected chi connectivity index (χ3v) is 3.42. The minimum atomic E-state index is 0.0782. The fourth-order valence-corrected chi connectivity index (χ4v) is 2.10. The van der Waals surface area contributed by atoms with E-state index in [-0.39, 0.29) is 18.2 Å². The van der Waals surface area contributed by atoms with Crippen LogP contribution in [0.15, 0.2) is 22.7 Å². The van der Waals surface area contributed by atoms with Crippen molar-refractivity contribution in [2.75, 3.05) is 19.6 Å². The number of rotatable bonds is 6. The van der Waals surface area contributed by atoms with E-state index in [1.54, 1.807) is 11.0 Å². The molecule has 0 aliphatic carbocycles. The lowest BCUT2D eigenvalue weighted by atomic mass is 10.2. The Morgan fingerprint density at radius 1 is 1.39 bits per heavy atom. The highest BCUT2D eigenvalue weighted by molar-refractivity contribution is 9.10. The standard InChI is InChI=1S/C13H19BrN2O2/c1-3-16(4-2)12(17)9-15-8-10-6-5-7-11(14)13(10)18/h5-7,15,18H,3-4,8-9H2,1-2H3. The largest absolute Gasteiger partial charge is 0.506 e. The van der Waals surface area contributed by atoms with Crippen molar-refractivity contribution in [2.45, 2.75) is 20.4 Å². The van der Waals surface area contributed by atoms with Crippen molar-refractivity contribution < 1.29 is 9.90 Å².